The summed E-state index contributed by atoms with van der Waals surface area (Å²) in [6, 6.07) is 0. The summed E-state index contributed by atoms with van der Waals surface area (Å²) < 4.78 is 1.72. The van der Waals surface area contributed by atoms with Gasteiger partial charge in [-0.25, -0.2) is 9.97 Å². The molecule has 19 heavy (non-hydrogen) atoms. The van der Waals surface area contributed by atoms with Gasteiger partial charge in [-0.1, -0.05) is 0 Å². The Kier molecular flexibility index (Phi) is 3.64. The molecule has 2 heterocycles. The van der Waals surface area contributed by atoms with Gasteiger partial charge in [0.2, 0.25) is 5.91 Å². The van der Waals surface area contributed by atoms with E-state index in [0.717, 1.165) is 16.9 Å². The molecule has 7 heteroatoms. The minimum absolute atomic E-state index is 0.0139. The Morgan fingerprint density at radius 3 is 2.89 bits per heavy atom. The van der Waals surface area contributed by atoms with Gasteiger partial charge in [0.25, 0.3) is 0 Å². The fraction of sp³-hybridized carbons (Fsp3) is 0.500. The average Bonchev–Trinajstić information content (AvgIpc) is 2.76. The molecule has 7 nitrogen and oxygen atoms in total. The first-order valence-electron chi connectivity index (χ1n) is 6.11. The Morgan fingerprint density at radius 2 is 2.21 bits per heavy atom. The molecule has 0 radical (unpaired) electrons. The first-order chi connectivity index (χ1) is 9.02. The zero-order valence-corrected chi connectivity index (χ0v) is 11.6. The maximum atomic E-state index is 11.3. The van der Waals surface area contributed by atoms with Crippen molar-refractivity contribution in [2.75, 3.05) is 25.5 Å². The zero-order valence-electron chi connectivity index (χ0n) is 11.6. The van der Waals surface area contributed by atoms with E-state index in [1.807, 2.05) is 25.9 Å². The molecule has 0 fully saturated rings. The molecular weight excluding hydrogens is 244 g/mol. The van der Waals surface area contributed by atoms with Crippen LogP contribution in [-0.2, 0) is 11.8 Å². The smallest absolute Gasteiger partial charge is 0.221 e. The number of aryl methyl sites for hydroxylation is 2. The fourth-order valence-corrected chi connectivity index (χ4v) is 1.90. The summed E-state index contributed by atoms with van der Waals surface area (Å²) in [5, 5.41) is 7.71. The van der Waals surface area contributed by atoms with Crippen molar-refractivity contribution in [1.82, 2.24) is 25.1 Å². The van der Waals surface area contributed by atoms with E-state index < -0.39 is 0 Å². The maximum Gasteiger partial charge on any atom is 0.221 e. The van der Waals surface area contributed by atoms with Gasteiger partial charge in [0, 0.05) is 34.1 Å². The lowest BCUT2D eigenvalue weighted by Crippen LogP contribution is -2.27. The second kappa shape index (κ2) is 5.21. The zero-order chi connectivity index (χ0) is 14.0. The van der Waals surface area contributed by atoms with Gasteiger partial charge in [-0.15, -0.1) is 0 Å². The van der Waals surface area contributed by atoms with Crippen molar-refractivity contribution in [1.29, 1.82) is 0 Å². The Labute approximate surface area is 111 Å². The number of carbonyl (C=O) groups is 1. The normalized spacial score (nSPS) is 10.7. The highest BCUT2D eigenvalue weighted by atomic mass is 16.1. The number of fused-ring (bicyclic) bond motifs is 1. The third-order valence-electron chi connectivity index (χ3n) is 3.00. The summed E-state index contributed by atoms with van der Waals surface area (Å²) in [6.45, 7) is 2.45. The molecule has 2 rings (SSSR count). The first kappa shape index (κ1) is 13.3. The minimum atomic E-state index is 0.0139. The van der Waals surface area contributed by atoms with Crippen LogP contribution in [0.25, 0.3) is 11.0 Å². The Hall–Kier alpha value is -2.18. The number of amides is 1. The van der Waals surface area contributed by atoms with Crippen molar-refractivity contribution in [2.45, 2.75) is 13.3 Å². The Balaban J connectivity index is 2.30. The van der Waals surface area contributed by atoms with Crippen molar-refractivity contribution in [2.24, 2.45) is 7.05 Å². The van der Waals surface area contributed by atoms with Crippen LogP contribution in [0, 0.1) is 6.92 Å². The molecule has 0 unspecified atom stereocenters. The summed E-state index contributed by atoms with van der Waals surface area (Å²) in [5.74, 6) is 1.51. The highest BCUT2D eigenvalue weighted by molar-refractivity contribution is 5.87. The van der Waals surface area contributed by atoms with Crippen LogP contribution in [-0.4, -0.2) is 46.3 Å². The van der Waals surface area contributed by atoms with Crippen LogP contribution in [0.2, 0.25) is 0 Å². The lowest BCUT2D eigenvalue weighted by atomic mass is 10.3. The van der Waals surface area contributed by atoms with E-state index in [-0.39, 0.29) is 5.91 Å². The minimum Gasteiger partial charge on any atom is -0.359 e. The van der Waals surface area contributed by atoms with E-state index in [2.05, 4.69) is 20.4 Å². The van der Waals surface area contributed by atoms with Crippen LogP contribution in [0.3, 0.4) is 0 Å². The molecule has 0 aliphatic heterocycles. The Bertz CT molecular complexity index is 606. The van der Waals surface area contributed by atoms with Crippen LogP contribution in [0.15, 0.2) is 6.20 Å². The third kappa shape index (κ3) is 2.64. The molecule has 1 amide bonds. The lowest BCUT2D eigenvalue weighted by Gasteiger charge is -2.18. The monoisotopic (exact) mass is 262 g/mol. The van der Waals surface area contributed by atoms with E-state index in [1.165, 1.54) is 0 Å². The fourth-order valence-electron chi connectivity index (χ4n) is 1.90. The highest BCUT2D eigenvalue weighted by Gasteiger charge is 2.14. The van der Waals surface area contributed by atoms with Gasteiger partial charge in [0.15, 0.2) is 5.65 Å². The SMILES string of the molecule is CNC(=O)CCN(C)c1nc(C)nc2c1cnn2C. The molecule has 0 aliphatic rings. The Morgan fingerprint density at radius 1 is 1.47 bits per heavy atom. The molecular formula is C12H18N6O. The van der Waals surface area contributed by atoms with Crippen LogP contribution in [0.1, 0.15) is 12.2 Å². The molecule has 2 aromatic rings. The van der Waals surface area contributed by atoms with Gasteiger partial charge in [0.05, 0.1) is 11.6 Å². The maximum absolute atomic E-state index is 11.3. The van der Waals surface area contributed by atoms with Crippen molar-refractivity contribution >= 4 is 22.8 Å². The molecule has 2 aromatic heterocycles. The van der Waals surface area contributed by atoms with Gasteiger partial charge >= 0.3 is 0 Å². The number of aromatic nitrogens is 4. The van der Waals surface area contributed by atoms with E-state index in [9.17, 15) is 4.79 Å². The van der Waals surface area contributed by atoms with E-state index in [0.29, 0.717) is 18.8 Å². The topological polar surface area (TPSA) is 75.9 Å². The number of hydrogen-bond acceptors (Lipinski definition) is 5. The number of nitrogens with zero attached hydrogens (tertiary/aromatic N) is 5. The first-order valence-corrected chi connectivity index (χ1v) is 6.11. The molecule has 0 aromatic carbocycles. The molecule has 0 aliphatic carbocycles. The summed E-state index contributed by atoms with van der Waals surface area (Å²) in [5.41, 5.74) is 0.800. The third-order valence-corrected chi connectivity index (χ3v) is 3.00. The van der Waals surface area contributed by atoms with Crippen LogP contribution >= 0.6 is 0 Å². The van der Waals surface area contributed by atoms with Gasteiger partial charge in [0.1, 0.15) is 11.6 Å². The van der Waals surface area contributed by atoms with Crippen molar-refractivity contribution < 1.29 is 4.79 Å². The van der Waals surface area contributed by atoms with Gasteiger partial charge < -0.3 is 10.2 Å². The molecule has 0 atom stereocenters. The van der Waals surface area contributed by atoms with Crippen molar-refractivity contribution in [3.63, 3.8) is 0 Å². The number of hydrogen-bond donors (Lipinski definition) is 1. The number of anilines is 1. The van der Waals surface area contributed by atoms with Gasteiger partial charge in [-0.05, 0) is 6.92 Å². The molecule has 0 bridgehead atoms. The van der Waals surface area contributed by atoms with Crippen LogP contribution < -0.4 is 10.2 Å². The summed E-state index contributed by atoms with van der Waals surface area (Å²) in [4.78, 5) is 22.1. The lowest BCUT2D eigenvalue weighted by molar-refractivity contribution is -0.120. The van der Waals surface area contributed by atoms with Crippen molar-refractivity contribution in [3.8, 4) is 0 Å². The predicted octanol–water partition coefficient (Wildman–Crippen LogP) is 0.244. The molecule has 0 saturated heterocycles. The summed E-state index contributed by atoms with van der Waals surface area (Å²) >= 11 is 0. The number of carbonyl (C=O) groups excluding carboxylic acids is 1. The standard InChI is InChI=1S/C12H18N6O/c1-8-15-11(17(3)6-5-10(19)13-2)9-7-14-18(4)12(9)16-8/h7H,5-6H2,1-4H3,(H,13,19). The van der Waals surface area contributed by atoms with Crippen LogP contribution in [0.4, 0.5) is 5.82 Å². The quantitative estimate of drug-likeness (QED) is 0.854. The highest BCUT2D eigenvalue weighted by Crippen LogP contribution is 2.22. The van der Waals surface area contributed by atoms with E-state index >= 15 is 0 Å². The predicted molar refractivity (Wildman–Crippen MR) is 73.0 cm³/mol. The second-order valence-electron chi connectivity index (χ2n) is 4.44. The van der Waals surface area contributed by atoms with Gasteiger partial charge in [-0.2, -0.15) is 5.10 Å². The number of nitrogens with one attached hydrogen (secondary N) is 1. The summed E-state index contributed by atoms with van der Waals surface area (Å²) in [7, 11) is 5.40. The van der Waals surface area contributed by atoms with E-state index in [4.69, 9.17) is 0 Å². The summed E-state index contributed by atoms with van der Waals surface area (Å²) in [6.07, 6.45) is 2.18. The van der Waals surface area contributed by atoms with E-state index in [1.54, 1.807) is 17.9 Å². The number of rotatable bonds is 4. The second-order valence-corrected chi connectivity index (χ2v) is 4.44. The van der Waals surface area contributed by atoms with Crippen molar-refractivity contribution in [3.05, 3.63) is 12.0 Å². The molecule has 0 spiro atoms. The van der Waals surface area contributed by atoms with Gasteiger partial charge in [-0.3, -0.25) is 9.48 Å². The molecule has 0 saturated carbocycles. The molecule has 102 valence electrons. The largest absolute Gasteiger partial charge is 0.359 e. The molecule has 1 N–H and O–H groups in total. The van der Waals surface area contributed by atoms with Crippen LogP contribution in [0.5, 0.6) is 0 Å². The average molecular weight is 262 g/mol.